The van der Waals surface area contributed by atoms with E-state index < -0.39 is 23.1 Å². The van der Waals surface area contributed by atoms with Gasteiger partial charge in [0.2, 0.25) is 0 Å². The van der Waals surface area contributed by atoms with Crippen LogP contribution in [0.25, 0.3) is 0 Å². The molecule has 0 aromatic heterocycles. The minimum absolute atomic E-state index is 0.264. The van der Waals surface area contributed by atoms with E-state index in [1.807, 2.05) is 6.92 Å². The van der Waals surface area contributed by atoms with Gasteiger partial charge < -0.3 is 4.90 Å². The number of carbonyl (C=O) groups excluding carboxylic acids is 1. The second-order valence-corrected chi connectivity index (χ2v) is 4.70. The van der Waals surface area contributed by atoms with Gasteiger partial charge in [-0.25, -0.2) is 8.78 Å². The van der Waals surface area contributed by atoms with Gasteiger partial charge in [0.15, 0.2) is 0 Å². The number of halogens is 3. The van der Waals surface area contributed by atoms with Crippen LogP contribution in [0.5, 0.6) is 0 Å². The van der Waals surface area contributed by atoms with Crippen molar-refractivity contribution in [2.75, 3.05) is 13.1 Å². The topological polar surface area (TPSA) is 20.3 Å². The van der Waals surface area contributed by atoms with Gasteiger partial charge in [-0.3, -0.25) is 4.79 Å². The Morgan fingerprint density at radius 1 is 1.44 bits per heavy atom. The van der Waals surface area contributed by atoms with Gasteiger partial charge in [0.1, 0.15) is 17.2 Å². The summed E-state index contributed by atoms with van der Waals surface area (Å²) in [5.74, 6) is -2.38. The highest BCUT2D eigenvalue weighted by molar-refractivity contribution is 9.10. The minimum Gasteiger partial charge on any atom is -0.335 e. The summed E-state index contributed by atoms with van der Waals surface area (Å²) in [4.78, 5) is 13.4. The third kappa shape index (κ3) is 3.38. The summed E-state index contributed by atoms with van der Waals surface area (Å²) in [5.41, 5.74) is -0.520. The first-order valence-corrected chi connectivity index (χ1v) is 6.35. The van der Waals surface area contributed by atoms with Gasteiger partial charge in [-0.2, -0.15) is 0 Å². The molecule has 0 fully saturated rings. The van der Waals surface area contributed by atoms with Crippen LogP contribution >= 0.6 is 15.9 Å². The lowest BCUT2D eigenvalue weighted by molar-refractivity contribution is 0.0764. The molecule has 2 nitrogen and oxygen atoms in total. The van der Waals surface area contributed by atoms with Crippen molar-refractivity contribution in [2.45, 2.75) is 13.3 Å². The van der Waals surface area contributed by atoms with Gasteiger partial charge in [0.25, 0.3) is 5.91 Å². The fourth-order valence-corrected chi connectivity index (χ4v) is 2.01. The van der Waals surface area contributed by atoms with E-state index in [-0.39, 0.29) is 11.0 Å². The molecule has 1 amide bonds. The standard InChI is InChI=1S/C13H14BrF2NO/c1-3-5-17(6-4-2)13(18)12-10(15)7-9(14)8-11(12)16/h3,7-8H,1,4-6H2,2H3. The number of nitrogens with zero attached hydrogens (tertiary/aromatic N) is 1. The molecule has 0 N–H and O–H groups in total. The van der Waals surface area contributed by atoms with Gasteiger partial charge in [-0.05, 0) is 18.6 Å². The van der Waals surface area contributed by atoms with Crippen LogP contribution in [0.1, 0.15) is 23.7 Å². The second kappa shape index (κ2) is 6.64. The highest BCUT2D eigenvalue weighted by Crippen LogP contribution is 2.21. The fraction of sp³-hybridized carbons (Fsp3) is 0.308. The Morgan fingerprint density at radius 2 is 2.00 bits per heavy atom. The Labute approximate surface area is 113 Å². The molecule has 0 aliphatic heterocycles. The van der Waals surface area contributed by atoms with E-state index in [2.05, 4.69) is 22.5 Å². The maximum atomic E-state index is 13.7. The average Bonchev–Trinajstić information content (AvgIpc) is 2.27. The number of carbonyl (C=O) groups is 1. The summed E-state index contributed by atoms with van der Waals surface area (Å²) >= 11 is 2.97. The lowest BCUT2D eigenvalue weighted by Crippen LogP contribution is -2.33. The Balaban J connectivity index is 3.12. The second-order valence-electron chi connectivity index (χ2n) is 3.78. The zero-order valence-corrected chi connectivity index (χ0v) is 11.6. The number of rotatable bonds is 5. The van der Waals surface area contributed by atoms with Gasteiger partial charge in [0, 0.05) is 17.6 Å². The van der Waals surface area contributed by atoms with E-state index in [0.717, 1.165) is 12.1 Å². The molecular formula is C13H14BrF2NO. The summed E-state index contributed by atoms with van der Waals surface area (Å²) in [7, 11) is 0. The maximum absolute atomic E-state index is 13.7. The Hall–Kier alpha value is -1.23. The first kappa shape index (κ1) is 14.8. The predicted molar refractivity (Wildman–Crippen MR) is 70.4 cm³/mol. The highest BCUT2D eigenvalue weighted by Gasteiger charge is 2.22. The quantitative estimate of drug-likeness (QED) is 0.757. The van der Waals surface area contributed by atoms with E-state index >= 15 is 0 Å². The van der Waals surface area contributed by atoms with E-state index in [1.54, 1.807) is 0 Å². The van der Waals surface area contributed by atoms with Gasteiger partial charge in [-0.15, -0.1) is 6.58 Å². The minimum atomic E-state index is -0.864. The molecule has 18 heavy (non-hydrogen) atoms. The predicted octanol–water partition coefficient (Wildman–Crippen LogP) is 3.77. The van der Waals surface area contributed by atoms with Crippen LogP contribution in [0, 0.1) is 11.6 Å². The lowest BCUT2D eigenvalue weighted by atomic mass is 10.1. The Kier molecular flexibility index (Phi) is 5.47. The van der Waals surface area contributed by atoms with Crippen molar-refractivity contribution in [1.82, 2.24) is 4.90 Å². The zero-order chi connectivity index (χ0) is 13.7. The molecule has 0 unspecified atom stereocenters. The maximum Gasteiger partial charge on any atom is 0.260 e. The molecule has 0 saturated carbocycles. The Morgan fingerprint density at radius 3 is 2.44 bits per heavy atom. The fourth-order valence-electron chi connectivity index (χ4n) is 1.61. The van der Waals surface area contributed by atoms with Crippen molar-refractivity contribution in [3.8, 4) is 0 Å². The van der Waals surface area contributed by atoms with Crippen LogP contribution in [0.4, 0.5) is 8.78 Å². The molecule has 0 aliphatic carbocycles. The van der Waals surface area contributed by atoms with Crippen molar-refractivity contribution in [3.63, 3.8) is 0 Å². The van der Waals surface area contributed by atoms with Crippen LogP contribution in [0.15, 0.2) is 29.3 Å². The van der Waals surface area contributed by atoms with Crippen molar-refractivity contribution >= 4 is 21.8 Å². The van der Waals surface area contributed by atoms with Gasteiger partial charge in [0.05, 0.1) is 0 Å². The molecule has 0 bridgehead atoms. The molecule has 0 radical (unpaired) electrons. The number of hydrogen-bond donors (Lipinski definition) is 0. The third-order valence-corrected chi connectivity index (χ3v) is 2.81. The smallest absolute Gasteiger partial charge is 0.260 e. The largest absolute Gasteiger partial charge is 0.335 e. The molecule has 0 atom stereocenters. The molecule has 0 heterocycles. The van der Waals surface area contributed by atoms with Gasteiger partial charge >= 0.3 is 0 Å². The molecule has 1 aromatic carbocycles. The number of benzene rings is 1. The molecule has 98 valence electrons. The van der Waals surface area contributed by atoms with E-state index in [9.17, 15) is 13.6 Å². The van der Waals surface area contributed by atoms with Crippen LogP contribution in [-0.2, 0) is 0 Å². The first-order valence-electron chi connectivity index (χ1n) is 5.56. The van der Waals surface area contributed by atoms with Crippen LogP contribution in [0.3, 0.4) is 0 Å². The van der Waals surface area contributed by atoms with Crippen molar-refractivity contribution in [1.29, 1.82) is 0 Å². The van der Waals surface area contributed by atoms with Gasteiger partial charge in [-0.1, -0.05) is 28.9 Å². The molecule has 0 aliphatic rings. The SMILES string of the molecule is C=CCN(CCC)C(=O)c1c(F)cc(Br)cc1F. The van der Waals surface area contributed by atoms with E-state index in [0.29, 0.717) is 13.0 Å². The Bertz CT molecular complexity index is 439. The summed E-state index contributed by atoms with van der Waals surface area (Å²) in [6.45, 7) is 6.11. The van der Waals surface area contributed by atoms with Crippen LogP contribution in [-0.4, -0.2) is 23.9 Å². The zero-order valence-electron chi connectivity index (χ0n) is 10.0. The molecular weight excluding hydrogens is 304 g/mol. The number of amides is 1. The van der Waals surface area contributed by atoms with Crippen LogP contribution < -0.4 is 0 Å². The lowest BCUT2D eigenvalue weighted by Gasteiger charge is -2.21. The third-order valence-electron chi connectivity index (χ3n) is 2.35. The first-order chi connectivity index (χ1) is 8.51. The van der Waals surface area contributed by atoms with Crippen molar-refractivity contribution < 1.29 is 13.6 Å². The summed E-state index contributed by atoms with van der Waals surface area (Å²) in [6, 6.07) is 2.16. The highest BCUT2D eigenvalue weighted by atomic mass is 79.9. The van der Waals surface area contributed by atoms with Crippen molar-refractivity contribution in [3.05, 3.63) is 46.5 Å². The van der Waals surface area contributed by atoms with Crippen molar-refractivity contribution in [2.24, 2.45) is 0 Å². The molecule has 0 spiro atoms. The molecule has 1 rings (SSSR count). The average molecular weight is 318 g/mol. The van der Waals surface area contributed by atoms with E-state index in [1.165, 1.54) is 11.0 Å². The number of hydrogen-bond acceptors (Lipinski definition) is 1. The molecule has 5 heteroatoms. The summed E-state index contributed by atoms with van der Waals surface area (Å²) < 4.78 is 27.6. The van der Waals surface area contributed by atoms with Crippen LogP contribution in [0.2, 0.25) is 0 Å². The summed E-state index contributed by atoms with van der Waals surface area (Å²) in [5, 5.41) is 0. The molecule has 0 saturated heterocycles. The van der Waals surface area contributed by atoms with E-state index in [4.69, 9.17) is 0 Å². The monoisotopic (exact) mass is 317 g/mol. The normalized spacial score (nSPS) is 10.2. The summed E-state index contributed by atoms with van der Waals surface area (Å²) in [6.07, 6.45) is 2.24. The molecule has 1 aromatic rings.